The maximum absolute atomic E-state index is 10.1. The van der Waals surface area contributed by atoms with Crippen molar-refractivity contribution in [2.24, 2.45) is 0 Å². The van der Waals surface area contributed by atoms with Gasteiger partial charge in [0.25, 0.3) is 0 Å². The maximum Gasteiger partial charge on any atom is 0.248 e. The predicted molar refractivity (Wildman–Crippen MR) is 36.0 cm³/mol. The Bertz CT molecular complexity index is 278. The molecule has 11 heavy (non-hydrogen) atoms. The van der Waals surface area contributed by atoms with Crippen molar-refractivity contribution in [2.45, 2.75) is 6.54 Å². The van der Waals surface area contributed by atoms with Crippen LogP contribution in [0.25, 0.3) is 6.20 Å². The standard InChI is InChI=1S/C7H8N2O2/c1-2-8-3-4-9(6-8)5-7(10)11/h2-4,6H,1,5H2. The molecule has 0 saturated carbocycles. The number of aliphatic carboxylic acids is 1. The van der Waals surface area contributed by atoms with Gasteiger partial charge < -0.3 is 9.90 Å². The van der Waals surface area contributed by atoms with Crippen molar-refractivity contribution >= 4 is 12.2 Å². The van der Waals surface area contributed by atoms with Crippen molar-refractivity contribution in [1.82, 2.24) is 4.57 Å². The highest BCUT2D eigenvalue weighted by atomic mass is 16.4. The number of carboxylic acid groups (broad SMARTS) is 1. The molecule has 1 rings (SSSR count). The molecule has 0 radical (unpaired) electrons. The highest BCUT2D eigenvalue weighted by Crippen LogP contribution is 1.81. The summed E-state index contributed by atoms with van der Waals surface area (Å²) in [5.41, 5.74) is 0. The summed E-state index contributed by atoms with van der Waals surface area (Å²) in [6.07, 6.45) is 6.53. The minimum Gasteiger partial charge on any atom is -0.546 e. The number of carbonyl (C=O) groups excluding carboxylic acids is 1. The number of carboxylic acids is 1. The molecule has 58 valence electrons. The van der Waals surface area contributed by atoms with Gasteiger partial charge in [-0.2, -0.15) is 0 Å². The van der Waals surface area contributed by atoms with E-state index in [1.165, 1.54) is 4.57 Å². The summed E-state index contributed by atoms with van der Waals surface area (Å²) in [5.74, 6) is -1.10. The molecule has 0 spiro atoms. The molecule has 0 aliphatic heterocycles. The van der Waals surface area contributed by atoms with Gasteiger partial charge in [0.15, 0.2) is 0 Å². The van der Waals surface area contributed by atoms with Gasteiger partial charge in [0.2, 0.25) is 6.33 Å². The molecule has 4 heteroatoms. The third-order valence-corrected chi connectivity index (χ3v) is 1.23. The Morgan fingerprint density at radius 1 is 1.82 bits per heavy atom. The van der Waals surface area contributed by atoms with Crippen molar-refractivity contribution in [2.75, 3.05) is 0 Å². The fourth-order valence-electron chi connectivity index (χ4n) is 0.761. The Kier molecular flexibility index (Phi) is 2.06. The largest absolute Gasteiger partial charge is 0.546 e. The van der Waals surface area contributed by atoms with Crippen LogP contribution in [0.3, 0.4) is 0 Å². The van der Waals surface area contributed by atoms with Crippen molar-refractivity contribution < 1.29 is 14.5 Å². The lowest BCUT2D eigenvalue weighted by molar-refractivity contribution is -0.689. The van der Waals surface area contributed by atoms with Crippen molar-refractivity contribution in [3.8, 4) is 0 Å². The van der Waals surface area contributed by atoms with Gasteiger partial charge in [-0.1, -0.05) is 6.58 Å². The van der Waals surface area contributed by atoms with E-state index >= 15 is 0 Å². The first-order valence-electron chi connectivity index (χ1n) is 3.11. The first-order chi connectivity index (χ1) is 5.22. The van der Waals surface area contributed by atoms with E-state index in [9.17, 15) is 9.90 Å². The van der Waals surface area contributed by atoms with Gasteiger partial charge >= 0.3 is 0 Å². The summed E-state index contributed by atoms with van der Waals surface area (Å²) in [5, 5.41) is 10.1. The van der Waals surface area contributed by atoms with E-state index in [-0.39, 0.29) is 6.54 Å². The normalized spacial score (nSPS) is 9.45. The zero-order valence-corrected chi connectivity index (χ0v) is 5.93. The van der Waals surface area contributed by atoms with Crippen LogP contribution in [0.15, 0.2) is 25.3 Å². The molecule has 0 fully saturated rings. The molecule has 0 aromatic carbocycles. The molecule has 4 nitrogen and oxygen atoms in total. The third kappa shape index (κ3) is 1.93. The number of hydrogen-bond donors (Lipinski definition) is 0. The van der Waals surface area contributed by atoms with E-state index in [0.29, 0.717) is 0 Å². The van der Waals surface area contributed by atoms with Gasteiger partial charge in [0.05, 0.1) is 12.2 Å². The fourth-order valence-corrected chi connectivity index (χ4v) is 0.761. The first-order valence-corrected chi connectivity index (χ1v) is 3.11. The Labute approximate surface area is 64.0 Å². The quantitative estimate of drug-likeness (QED) is 0.501. The zero-order chi connectivity index (χ0) is 8.27. The Balaban J connectivity index is 2.72. The highest BCUT2D eigenvalue weighted by molar-refractivity contribution is 5.62. The number of imidazole rings is 1. The number of hydrogen-bond acceptors (Lipinski definition) is 2. The van der Waals surface area contributed by atoms with E-state index < -0.39 is 5.97 Å². The molecular weight excluding hydrogens is 144 g/mol. The molecule has 0 aliphatic rings. The molecule has 1 aromatic rings. The molecule has 0 amide bonds. The second kappa shape index (κ2) is 3.01. The van der Waals surface area contributed by atoms with Crippen molar-refractivity contribution in [1.29, 1.82) is 0 Å². The maximum atomic E-state index is 10.1. The molecule has 0 atom stereocenters. The number of nitrogens with zero attached hydrogens (tertiary/aromatic N) is 2. The lowest BCUT2D eigenvalue weighted by atomic mass is 10.6. The Morgan fingerprint density at radius 3 is 3.00 bits per heavy atom. The van der Waals surface area contributed by atoms with E-state index in [4.69, 9.17) is 0 Å². The summed E-state index contributed by atoms with van der Waals surface area (Å²) in [7, 11) is 0. The van der Waals surface area contributed by atoms with Crippen LogP contribution < -0.4 is 9.67 Å². The second-order valence-electron chi connectivity index (χ2n) is 2.09. The SMILES string of the molecule is C=Cn1cc[n+](CC(=O)[O-])c1. The Hall–Kier alpha value is -1.58. The second-order valence-corrected chi connectivity index (χ2v) is 2.09. The first kappa shape index (κ1) is 7.53. The molecular formula is C7H8N2O2. The summed E-state index contributed by atoms with van der Waals surface area (Å²) < 4.78 is 3.15. The van der Waals surface area contributed by atoms with E-state index in [2.05, 4.69) is 6.58 Å². The van der Waals surface area contributed by atoms with Crippen LogP contribution in [0.1, 0.15) is 0 Å². The van der Waals surface area contributed by atoms with Gasteiger partial charge in [-0.3, -0.25) is 0 Å². The lowest BCUT2D eigenvalue weighted by Gasteiger charge is -1.94. The van der Waals surface area contributed by atoms with Gasteiger partial charge in [-0.25, -0.2) is 9.13 Å². The van der Waals surface area contributed by atoms with Crippen LogP contribution in [0, 0.1) is 0 Å². The molecule has 1 aromatic heterocycles. The fraction of sp³-hybridized carbons (Fsp3) is 0.143. The van der Waals surface area contributed by atoms with Crippen LogP contribution in [-0.2, 0) is 11.3 Å². The van der Waals surface area contributed by atoms with E-state index in [1.807, 2.05) is 0 Å². The molecule has 1 heterocycles. The minimum atomic E-state index is -1.10. The minimum absolute atomic E-state index is 0.124. The van der Waals surface area contributed by atoms with Crippen LogP contribution in [0.5, 0.6) is 0 Å². The highest BCUT2D eigenvalue weighted by Gasteiger charge is 1.99. The van der Waals surface area contributed by atoms with Crippen LogP contribution >= 0.6 is 0 Å². The number of aromatic nitrogens is 2. The smallest absolute Gasteiger partial charge is 0.248 e. The third-order valence-electron chi connectivity index (χ3n) is 1.23. The zero-order valence-electron chi connectivity index (χ0n) is 5.93. The van der Waals surface area contributed by atoms with Crippen LogP contribution in [0.4, 0.5) is 0 Å². The monoisotopic (exact) mass is 152 g/mol. The topological polar surface area (TPSA) is 48.9 Å². The molecule has 0 aliphatic carbocycles. The average molecular weight is 152 g/mol. The summed E-state index contributed by atoms with van der Waals surface area (Å²) in [4.78, 5) is 10.1. The van der Waals surface area contributed by atoms with Gasteiger partial charge in [0, 0.05) is 0 Å². The summed E-state index contributed by atoms with van der Waals surface area (Å²) >= 11 is 0. The summed E-state index contributed by atoms with van der Waals surface area (Å²) in [6.45, 7) is 3.39. The van der Waals surface area contributed by atoms with Crippen molar-refractivity contribution in [3.63, 3.8) is 0 Å². The van der Waals surface area contributed by atoms with Gasteiger partial charge in [-0.05, 0) is 0 Å². The number of carbonyl (C=O) groups is 1. The molecule has 0 saturated heterocycles. The molecule has 0 N–H and O–H groups in total. The average Bonchev–Trinajstić information content (AvgIpc) is 2.34. The number of rotatable bonds is 3. The van der Waals surface area contributed by atoms with Crippen LogP contribution in [0.2, 0.25) is 0 Å². The van der Waals surface area contributed by atoms with E-state index in [1.54, 1.807) is 29.5 Å². The van der Waals surface area contributed by atoms with Crippen molar-refractivity contribution in [3.05, 3.63) is 25.3 Å². The van der Waals surface area contributed by atoms with E-state index in [0.717, 1.165) is 0 Å². The molecule has 0 unspecified atom stereocenters. The lowest BCUT2D eigenvalue weighted by Crippen LogP contribution is -2.42. The summed E-state index contributed by atoms with van der Waals surface area (Å²) in [6, 6.07) is 0. The van der Waals surface area contributed by atoms with Gasteiger partial charge in [-0.15, -0.1) is 0 Å². The predicted octanol–water partition coefficient (Wildman–Crippen LogP) is -1.37. The van der Waals surface area contributed by atoms with Crippen LogP contribution in [-0.4, -0.2) is 10.5 Å². The molecule has 0 bridgehead atoms. The Morgan fingerprint density at radius 2 is 2.55 bits per heavy atom. The van der Waals surface area contributed by atoms with Gasteiger partial charge in [0.1, 0.15) is 18.9 Å².